The normalized spacial score (nSPS) is 15.5. The molecule has 0 saturated carbocycles. The summed E-state index contributed by atoms with van der Waals surface area (Å²) in [6, 6.07) is 12.7. The summed E-state index contributed by atoms with van der Waals surface area (Å²) in [4.78, 5) is 22.6. The van der Waals surface area contributed by atoms with Gasteiger partial charge in [0.25, 0.3) is 0 Å². The summed E-state index contributed by atoms with van der Waals surface area (Å²) >= 11 is 1.48. The van der Waals surface area contributed by atoms with Crippen molar-refractivity contribution in [3.63, 3.8) is 0 Å². The predicted molar refractivity (Wildman–Crippen MR) is 144 cm³/mol. The molecule has 1 aromatic heterocycles. The van der Waals surface area contributed by atoms with Crippen LogP contribution in [0.5, 0.6) is 5.75 Å². The highest BCUT2D eigenvalue weighted by Crippen LogP contribution is 2.35. The van der Waals surface area contributed by atoms with Crippen LogP contribution in [0.15, 0.2) is 47.4 Å². The number of benzene rings is 2. The third kappa shape index (κ3) is 5.72. The molecule has 0 N–H and O–H groups in total. The summed E-state index contributed by atoms with van der Waals surface area (Å²) in [5.41, 5.74) is 1.78. The summed E-state index contributed by atoms with van der Waals surface area (Å²) in [7, 11) is 0.378. The SMILES string of the molecule is CCOc1cccc2sc(N(CCN(C)C)C(=O)C3CCN(S(=O)(=O)c4ccc(C)cc4)CC3)nc12. The number of thiazole rings is 1. The standard InChI is InChI=1S/C26H34N4O4S2/c1-5-34-22-7-6-8-23-24(22)27-26(35-23)30(18-17-28(3)4)25(31)20-13-15-29(16-14-20)36(32,33)21-11-9-19(2)10-12-21/h6-12,20H,5,13-18H2,1-4H3. The minimum atomic E-state index is -3.57. The van der Waals surface area contributed by atoms with Crippen molar-refractivity contribution >= 4 is 42.6 Å². The number of carbonyl (C=O) groups is 1. The fourth-order valence-corrected chi connectivity index (χ4v) is 6.81. The zero-order valence-electron chi connectivity index (χ0n) is 21.3. The van der Waals surface area contributed by atoms with Gasteiger partial charge < -0.3 is 9.64 Å². The summed E-state index contributed by atoms with van der Waals surface area (Å²) in [5.74, 6) is 0.461. The summed E-state index contributed by atoms with van der Waals surface area (Å²) in [5, 5.41) is 0.652. The van der Waals surface area contributed by atoms with Crippen molar-refractivity contribution in [3.8, 4) is 5.75 Å². The Labute approximate surface area is 217 Å². The van der Waals surface area contributed by atoms with Crippen molar-refractivity contribution in [2.24, 2.45) is 5.92 Å². The molecule has 0 atom stereocenters. The van der Waals surface area contributed by atoms with E-state index in [9.17, 15) is 13.2 Å². The Morgan fingerprint density at radius 3 is 2.44 bits per heavy atom. The molecule has 1 aliphatic rings. The highest BCUT2D eigenvalue weighted by Gasteiger charge is 2.35. The third-order valence-electron chi connectivity index (χ3n) is 6.40. The van der Waals surface area contributed by atoms with E-state index in [0.29, 0.717) is 61.4 Å². The van der Waals surface area contributed by atoms with Gasteiger partial charge in [0.05, 0.1) is 16.2 Å². The zero-order valence-corrected chi connectivity index (χ0v) is 22.9. The van der Waals surface area contributed by atoms with Gasteiger partial charge in [-0.25, -0.2) is 13.4 Å². The molecule has 0 aliphatic carbocycles. The van der Waals surface area contributed by atoms with Crippen LogP contribution >= 0.6 is 11.3 Å². The Bertz CT molecular complexity index is 1300. The number of aromatic nitrogens is 1. The number of amides is 1. The number of hydrogen-bond acceptors (Lipinski definition) is 7. The van der Waals surface area contributed by atoms with E-state index in [1.807, 2.05) is 51.0 Å². The number of para-hydroxylation sites is 1. The molecule has 0 spiro atoms. The number of hydrogen-bond donors (Lipinski definition) is 0. The molecule has 8 nitrogen and oxygen atoms in total. The van der Waals surface area contributed by atoms with Crippen molar-refractivity contribution in [2.45, 2.75) is 31.6 Å². The molecule has 2 aromatic carbocycles. The topological polar surface area (TPSA) is 83.0 Å². The highest BCUT2D eigenvalue weighted by atomic mass is 32.2. The highest BCUT2D eigenvalue weighted by molar-refractivity contribution is 7.89. The van der Waals surface area contributed by atoms with Gasteiger partial charge in [-0.1, -0.05) is 35.1 Å². The molecule has 194 valence electrons. The maximum absolute atomic E-state index is 13.7. The Balaban J connectivity index is 1.52. The number of piperidine rings is 1. The van der Waals surface area contributed by atoms with Crippen LogP contribution in [0.3, 0.4) is 0 Å². The molecule has 2 heterocycles. The molecular weight excluding hydrogens is 496 g/mol. The fourth-order valence-electron chi connectivity index (χ4n) is 4.32. The van der Waals surface area contributed by atoms with E-state index in [1.54, 1.807) is 29.2 Å². The van der Waals surface area contributed by atoms with Crippen LogP contribution in [-0.4, -0.2) is 75.4 Å². The van der Waals surface area contributed by atoms with Crippen LogP contribution in [0.4, 0.5) is 5.13 Å². The molecule has 0 bridgehead atoms. The second-order valence-corrected chi connectivity index (χ2v) is 12.3. The molecule has 4 rings (SSSR count). The van der Waals surface area contributed by atoms with E-state index in [1.165, 1.54) is 15.6 Å². The average Bonchev–Trinajstić information content (AvgIpc) is 3.29. The van der Waals surface area contributed by atoms with Gasteiger partial charge in [0, 0.05) is 32.1 Å². The number of nitrogens with zero attached hydrogens (tertiary/aromatic N) is 4. The molecular formula is C26H34N4O4S2. The van der Waals surface area contributed by atoms with Crippen LogP contribution in [-0.2, 0) is 14.8 Å². The largest absolute Gasteiger partial charge is 0.492 e. The van der Waals surface area contributed by atoms with Crippen molar-refractivity contribution in [1.29, 1.82) is 0 Å². The van der Waals surface area contributed by atoms with Gasteiger partial charge >= 0.3 is 0 Å². The van der Waals surface area contributed by atoms with Crippen LogP contribution < -0.4 is 9.64 Å². The maximum Gasteiger partial charge on any atom is 0.243 e. The van der Waals surface area contributed by atoms with E-state index in [-0.39, 0.29) is 11.8 Å². The van der Waals surface area contributed by atoms with Gasteiger partial charge in [0.1, 0.15) is 11.3 Å². The van der Waals surface area contributed by atoms with Crippen molar-refractivity contribution < 1.29 is 17.9 Å². The quantitative estimate of drug-likeness (QED) is 0.416. The number of fused-ring (bicyclic) bond motifs is 1. The number of sulfonamides is 1. The lowest BCUT2D eigenvalue weighted by Crippen LogP contribution is -2.46. The van der Waals surface area contributed by atoms with Gasteiger partial charge in [-0.15, -0.1) is 0 Å². The first kappa shape index (κ1) is 26.5. The summed E-state index contributed by atoms with van der Waals surface area (Å²) in [6.45, 7) is 6.26. The summed E-state index contributed by atoms with van der Waals surface area (Å²) < 4.78 is 34.4. The van der Waals surface area contributed by atoms with Crippen molar-refractivity contribution in [1.82, 2.24) is 14.2 Å². The van der Waals surface area contributed by atoms with Crippen molar-refractivity contribution in [3.05, 3.63) is 48.0 Å². The number of rotatable bonds is 9. The lowest BCUT2D eigenvalue weighted by atomic mass is 9.96. The number of carbonyl (C=O) groups excluding carboxylic acids is 1. The second-order valence-electron chi connectivity index (χ2n) is 9.32. The zero-order chi connectivity index (χ0) is 25.9. The van der Waals surface area contributed by atoms with Gasteiger partial charge in [-0.05, 0) is 65.0 Å². The minimum absolute atomic E-state index is 0.00116. The van der Waals surface area contributed by atoms with E-state index < -0.39 is 10.0 Å². The Morgan fingerprint density at radius 1 is 1.11 bits per heavy atom. The van der Waals surface area contributed by atoms with Gasteiger partial charge in [-0.2, -0.15) is 4.31 Å². The molecule has 3 aromatic rings. The number of anilines is 1. The van der Waals surface area contributed by atoms with Crippen LogP contribution in [0.25, 0.3) is 10.2 Å². The van der Waals surface area contributed by atoms with Gasteiger partial charge in [0.15, 0.2) is 5.13 Å². The molecule has 1 saturated heterocycles. The average molecular weight is 531 g/mol. The first-order chi connectivity index (χ1) is 17.2. The molecule has 1 fully saturated rings. The van der Waals surface area contributed by atoms with E-state index in [2.05, 4.69) is 0 Å². The fraction of sp³-hybridized carbons (Fsp3) is 0.462. The monoisotopic (exact) mass is 530 g/mol. The first-order valence-electron chi connectivity index (χ1n) is 12.3. The Hall–Kier alpha value is -2.53. The Kier molecular flexibility index (Phi) is 8.29. The second kappa shape index (κ2) is 11.2. The van der Waals surface area contributed by atoms with Gasteiger partial charge in [0.2, 0.25) is 15.9 Å². The van der Waals surface area contributed by atoms with E-state index >= 15 is 0 Å². The van der Waals surface area contributed by atoms with E-state index in [4.69, 9.17) is 9.72 Å². The van der Waals surface area contributed by atoms with Crippen LogP contribution in [0, 0.1) is 12.8 Å². The van der Waals surface area contributed by atoms with Crippen LogP contribution in [0.2, 0.25) is 0 Å². The molecule has 1 aliphatic heterocycles. The van der Waals surface area contributed by atoms with Crippen LogP contribution in [0.1, 0.15) is 25.3 Å². The smallest absolute Gasteiger partial charge is 0.243 e. The van der Waals surface area contributed by atoms with E-state index in [0.717, 1.165) is 15.8 Å². The lowest BCUT2D eigenvalue weighted by molar-refractivity contribution is -0.123. The maximum atomic E-state index is 13.7. The number of aryl methyl sites for hydroxylation is 1. The molecule has 1 amide bonds. The Morgan fingerprint density at radius 2 is 1.81 bits per heavy atom. The molecule has 10 heteroatoms. The first-order valence-corrected chi connectivity index (χ1v) is 14.5. The summed E-state index contributed by atoms with van der Waals surface area (Å²) in [6.07, 6.45) is 0.967. The number of ether oxygens (including phenoxy) is 1. The molecule has 36 heavy (non-hydrogen) atoms. The number of likely N-dealkylation sites (N-methyl/N-ethyl adjacent to an activating group) is 1. The third-order valence-corrected chi connectivity index (χ3v) is 9.36. The van der Waals surface area contributed by atoms with Crippen molar-refractivity contribution in [2.75, 3.05) is 51.8 Å². The molecule has 0 unspecified atom stereocenters. The lowest BCUT2D eigenvalue weighted by Gasteiger charge is -2.33. The minimum Gasteiger partial charge on any atom is -0.492 e. The predicted octanol–water partition coefficient (Wildman–Crippen LogP) is 4.00. The molecule has 0 radical (unpaired) electrons. The van der Waals surface area contributed by atoms with Gasteiger partial charge in [-0.3, -0.25) is 9.69 Å².